The molecule has 0 unspecified atom stereocenters. The van der Waals surface area contributed by atoms with Gasteiger partial charge in [-0.25, -0.2) is 4.98 Å². The van der Waals surface area contributed by atoms with Gasteiger partial charge in [0.05, 0.1) is 21.6 Å². The molecule has 0 aliphatic rings. The van der Waals surface area contributed by atoms with Crippen molar-refractivity contribution in [3.63, 3.8) is 0 Å². The van der Waals surface area contributed by atoms with E-state index in [1.807, 2.05) is 78.9 Å². The first-order chi connectivity index (χ1) is 14.7. The normalized spacial score (nSPS) is 10.7. The highest BCUT2D eigenvalue weighted by Gasteiger charge is 2.12. The van der Waals surface area contributed by atoms with Crippen molar-refractivity contribution < 1.29 is 14.3 Å². The summed E-state index contributed by atoms with van der Waals surface area (Å²) in [5, 5.41) is 3.71. The maximum Gasteiger partial charge on any atom is 0.306 e. The van der Waals surface area contributed by atoms with Crippen LogP contribution in [0.1, 0.15) is 11.4 Å². The molecule has 0 saturated heterocycles. The standard InChI is InChI=1S/C24H20N2O3S/c27-22(25-19-11-5-4-10-18(19)17-8-2-1-3-9-17)16-29-24(28)15-14-23-26-20-12-6-7-13-21(20)30-23/h1-13H,14-16H2,(H,25,27). The smallest absolute Gasteiger partial charge is 0.306 e. The number of aromatic nitrogens is 1. The molecule has 1 heterocycles. The maximum absolute atomic E-state index is 12.3. The van der Waals surface area contributed by atoms with Gasteiger partial charge in [-0.1, -0.05) is 60.7 Å². The molecule has 3 aromatic carbocycles. The predicted octanol–water partition coefficient (Wildman–Crippen LogP) is 5.08. The van der Waals surface area contributed by atoms with Crippen LogP contribution in [0.3, 0.4) is 0 Å². The average molecular weight is 417 g/mol. The van der Waals surface area contributed by atoms with E-state index in [1.165, 1.54) is 0 Å². The SMILES string of the molecule is O=C(COC(=O)CCc1nc2ccccc2s1)Nc1ccccc1-c1ccccc1. The molecule has 1 aromatic heterocycles. The third-order valence-electron chi connectivity index (χ3n) is 4.53. The first-order valence-corrected chi connectivity index (χ1v) is 10.4. The summed E-state index contributed by atoms with van der Waals surface area (Å²) < 4.78 is 6.24. The first kappa shape index (κ1) is 19.8. The Kier molecular flexibility index (Phi) is 6.15. The second-order valence-electron chi connectivity index (χ2n) is 6.70. The van der Waals surface area contributed by atoms with Crippen LogP contribution in [-0.4, -0.2) is 23.5 Å². The fraction of sp³-hybridized carbons (Fsp3) is 0.125. The second kappa shape index (κ2) is 9.33. The Morgan fingerprint density at radius 1 is 0.900 bits per heavy atom. The van der Waals surface area contributed by atoms with E-state index < -0.39 is 5.97 Å². The quantitative estimate of drug-likeness (QED) is 0.427. The highest BCUT2D eigenvalue weighted by Crippen LogP contribution is 2.27. The van der Waals surface area contributed by atoms with Crippen molar-refractivity contribution in [2.45, 2.75) is 12.8 Å². The largest absolute Gasteiger partial charge is 0.456 e. The summed E-state index contributed by atoms with van der Waals surface area (Å²) in [6.45, 7) is -0.318. The minimum atomic E-state index is -0.416. The van der Waals surface area contributed by atoms with E-state index in [0.29, 0.717) is 12.1 Å². The number of carbonyl (C=O) groups is 2. The molecular formula is C24H20N2O3S. The van der Waals surface area contributed by atoms with Gasteiger partial charge in [0.2, 0.25) is 0 Å². The fourth-order valence-corrected chi connectivity index (χ4v) is 4.07. The van der Waals surface area contributed by atoms with Gasteiger partial charge in [0.1, 0.15) is 0 Å². The third kappa shape index (κ3) is 4.90. The van der Waals surface area contributed by atoms with Gasteiger partial charge in [-0.3, -0.25) is 9.59 Å². The minimum Gasteiger partial charge on any atom is -0.456 e. The van der Waals surface area contributed by atoms with Crippen LogP contribution in [0.4, 0.5) is 5.69 Å². The number of hydrogen-bond donors (Lipinski definition) is 1. The predicted molar refractivity (Wildman–Crippen MR) is 119 cm³/mol. The molecule has 0 saturated carbocycles. The molecular weight excluding hydrogens is 396 g/mol. The van der Waals surface area contributed by atoms with Crippen LogP contribution in [0.25, 0.3) is 21.3 Å². The van der Waals surface area contributed by atoms with Crippen LogP contribution in [0.5, 0.6) is 0 Å². The summed E-state index contributed by atoms with van der Waals surface area (Å²) in [6.07, 6.45) is 0.685. The van der Waals surface area contributed by atoms with Gasteiger partial charge >= 0.3 is 5.97 Å². The number of rotatable bonds is 7. The second-order valence-corrected chi connectivity index (χ2v) is 7.81. The van der Waals surface area contributed by atoms with Crippen LogP contribution < -0.4 is 5.32 Å². The summed E-state index contributed by atoms with van der Waals surface area (Å²) in [4.78, 5) is 28.9. The molecule has 1 N–H and O–H groups in total. The summed E-state index contributed by atoms with van der Waals surface area (Å²) in [7, 11) is 0. The third-order valence-corrected chi connectivity index (χ3v) is 5.63. The van der Waals surface area contributed by atoms with Crippen LogP contribution in [0.15, 0.2) is 78.9 Å². The highest BCUT2D eigenvalue weighted by atomic mass is 32.1. The molecule has 30 heavy (non-hydrogen) atoms. The number of thiazole rings is 1. The number of benzene rings is 3. The molecule has 4 aromatic rings. The van der Waals surface area contributed by atoms with Crippen molar-refractivity contribution in [1.82, 2.24) is 4.98 Å². The number of ether oxygens (including phenoxy) is 1. The van der Waals surface area contributed by atoms with E-state index in [2.05, 4.69) is 10.3 Å². The Morgan fingerprint density at radius 2 is 1.63 bits per heavy atom. The van der Waals surface area contributed by atoms with Crippen LogP contribution in [0.2, 0.25) is 0 Å². The van der Waals surface area contributed by atoms with Crippen LogP contribution >= 0.6 is 11.3 Å². The van der Waals surface area contributed by atoms with Gasteiger partial charge in [0.15, 0.2) is 6.61 Å². The number of nitrogens with zero attached hydrogens (tertiary/aromatic N) is 1. The molecule has 0 atom stereocenters. The molecule has 0 aliphatic heterocycles. The Labute approximate surface area is 178 Å². The summed E-state index contributed by atoms with van der Waals surface area (Å²) in [5.41, 5.74) is 3.52. The lowest BCUT2D eigenvalue weighted by Crippen LogP contribution is -2.21. The van der Waals surface area contributed by atoms with E-state index in [1.54, 1.807) is 11.3 Å². The van der Waals surface area contributed by atoms with Crippen molar-refractivity contribution in [2.24, 2.45) is 0 Å². The fourth-order valence-electron chi connectivity index (χ4n) is 3.10. The Balaban J connectivity index is 1.29. The molecule has 0 aliphatic carbocycles. The van der Waals surface area contributed by atoms with Gasteiger partial charge in [0, 0.05) is 17.7 Å². The summed E-state index contributed by atoms with van der Waals surface area (Å²) in [5.74, 6) is -0.785. The number of para-hydroxylation sites is 2. The summed E-state index contributed by atoms with van der Waals surface area (Å²) >= 11 is 1.57. The van der Waals surface area contributed by atoms with Crippen LogP contribution in [-0.2, 0) is 20.7 Å². The summed E-state index contributed by atoms with van der Waals surface area (Å²) in [6, 6.07) is 25.2. The molecule has 0 bridgehead atoms. The molecule has 5 nitrogen and oxygen atoms in total. The Hall–Kier alpha value is -3.51. The van der Waals surface area contributed by atoms with E-state index in [9.17, 15) is 9.59 Å². The molecule has 0 spiro atoms. The zero-order valence-corrected chi connectivity index (χ0v) is 17.0. The zero-order valence-electron chi connectivity index (χ0n) is 16.2. The number of hydrogen-bond acceptors (Lipinski definition) is 5. The lowest BCUT2D eigenvalue weighted by molar-refractivity contribution is -0.147. The van der Waals surface area contributed by atoms with Crippen molar-refractivity contribution in [1.29, 1.82) is 0 Å². The monoisotopic (exact) mass is 416 g/mol. The number of amides is 1. The van der Waals surface area contributed by atoms with E-state index in [-0.39, 0.29) is 18.9 Å². The maximum atomic E-state index is 12.3. The lowest BCUT2D eigenvalue weighted by atomic mass is 10.0. The van der Waals surface area contributed by atoms with Gasteiger partial charge in [-0.15, -0.1) is 11.3 Å². The van der Waals surface area contributed by atoms with Crippen molar-refractivity contribution in [3.8, 4) is 11.1 Å². The van der Waals surface area contributed by atoms with Gasteiger partial charge in [-0.05, 0) is 23.8 Å². The topological polar surface area (TPSA) is 68.3 Å². The molecule has 6 heteroatoms. The first-order valence-electron chi connectivity index (χ1n) is 9.63. The highest BCUT2D eigenvalue weighted by molar-refractivity contribution is 7.18. The lowest BCUT2D eigenvalue weighted by Gasteiger charge is -2.11. The van der Waals surface area contributed by atoms with Gasteiger partial charge in [0.25, 0.3) is 5.91 Å². The van der Waals surface area contributed by atoms with Gasteiger partial charge < -0.3 is 10.1 Å². The molecule has 4 rings (SSSR count). The van der Waals surface area contributed by atoms with Crippen molar-refractivity contribution in [2.75, 3.05) is 11.9 Å². The van der Waals surface area contributed by atoms with Crippen LogP contribution in [0, 0.1) is 0 Å². The zero-order chi connectivity index (χ0) is 20.8. The van der Waals surface area contributed by atoms with E-state index >= 15 is 0 Å². The number of fused-ring (bicyclic) bond motifs is 1. The molecule has 150 valence electrons. The van der Waals surface area contributed by atoms with Crippen molar-refractivity contribution >= 4 is 39.1 Å². The molecule has 0 radical (unpaired) electrons. The number of anilines is 1. The van der Waals surface area contributed by atoms with E-state index in [4.69, 9.17) is 4.74 Å². The number of carbonyl (C=O) groups excluding carboxylic acids is 2. The average Bonchev–Trinajstić information content (AvgIpc) is 3.20. The van der Waals surface area contributed by atoms with Gasteiger partial charge in [-0.2, -0.15) is 0 Å². The Bertz CT molecular complexity index is 1140. The minimum absolute atomic E-state index is 0.188. The molecule has 0 fully saturated rings. The van der Waals surface area contributed by atoms with Crippen molar-refractivity contribution in [3.05, 3.63) is 83.9 Å². The Morgan fingerprint density at radius 3 is 2.47 bits per heavy atom. The number of nitrogens with one attached hydrogen (secondary N) is 1. The number of aryl methyl sites for hydroxylation is 1. The number of esters is 1. The molecule has 1 amide bonds. The van der Waals surface area contributed by atoms with E-state index in [0.717, 1.165) is 26.4 Å².